The van der Waals surface area contributed by atoms with E-state index < -0.39 is 0 Å². The number of hydrogen-bond donors (Lipinski definition) is 3. The highest BCUT2D eigenvalue weighted by atomic mass is 35.5. The zero-order chi connectivity index (χ0) is 14.8. The van der Waals surface area contributed by atoms with Gasteiger partial charge in [0.2, 0.25) is 11.8 Å². The fourth-order valence-corrected chi connectivity index (χ4v) is 2.79. The molecule has 2 heterocycles. The van der Waals surface area contributed by atoms with Crippen LogP contribution in [0.4, 0.5) is 11.4 Å². The fraction of sp³-hybridized carbons (Fsp3) is 0.500. The van der Waals surface area contributed by atoms with Crippen molar-refractivity contribution in [3.8, 4) is 0 Å². The Kier molecular flexibility index (Phi) is 5.42. The average Bonchev–Trinajstić information content (AvgIpc) is 2.57. The van der Waals surface area contributed by atoms with Crippen LogP contribution in [0.2, 0.25) is 0 Å². The van der Waals surface area contributed by atoms with Crippen LogP contribution in [0.15, 0.2) is 18.2 Å². The molecule has 120 valence electrons. The summed E-state index contributed by atoms with van der Waals surface area (Å²) in [5.41, 5.74) is 2.78. The summed E-state index contributed by atoms with van der Waals surface area (Å²) in [6.07, 6.45) is 2.27. The highest BCUT2D eigenvalue weighted by molar-refractivity contribution is 5.95. The number of nitrogens with one attached hydrogen (secondary N) is 3. The first-order valence-electron chi connectivity index (χ1n) is 7.58. The van der Waals surface area contributed by atoms with Crippen LogP contribution in [0.1, 0.15) is 25.3 Å². The fourth-order valence-electron chi connectivity index (χ4n) is 2.79. The molecule has 1 saturated heterocycles. The lowest BCUT2D eigenvalue weighted by Gasteiger charge is -2.31. The summed E-state index contributed by atoms with van der Waals surface area (Å²) in [5.74, 6) is 0.589. The van der Waals surface area contributed by atoms with Crippen molar-refractivity contribution >= 4 is 35.6 Å². The molecule has 0 radical (unpaired) electrons. The maximum absolute atomic E-state index is 12.2. The highest BCUT2D eigenvalue weighted by Gasteiger charge is 2.28. The van der Waals surface area contributed by atoms with Crippen LogP contribution in [0.5, 0.6) is 0 Å². The van der Waals surface area contributed by atoms with Gasteiger partial charge in [-0.25, -0.2) is 0 Å². The Hall–Kier alpha value is -1.59. The topological polar surface area (TPSA) is 70.2 Å². The van der Waals surface area contributed by atoms with Gasteiger partial charge >= 0.3 is 0 Å². The molecule has 0 aliphatic carbocycles. The number of amides is 2. The minimum atomic E-state index is 0. The number of fused-ring (bicyclic) bond motifs is 1. The number of rotatable bonds is 3. The van der Waals surface area contributed by atoms with Gasteiger partial charge in [0, 0.05) is 23.7 Å². The molecule has 3 rings (SSSR count). The van der Waals surface area contributed by atoms with E-state index in [2.05, 4.69) is 16.0 Å². The first-order chi connectivity index (χ1) is 10.1. The van der Waals surface area contributed by atoms with Crippen molar-refractivity contribution in [2.45, 2.75) is 26.2 Å². The predicted octanol–water partition coefficient (Wildman–Crippen LogP) is 2.18. The van der Waals surface area contributed by atoms with Crippen LogP contribution in [-0.2, 0) is 16.0 Å². The van der Waals surface area contributed by atoms with Gasteiger partial charge in [-0.3, -0.25) is 9.59 Å². The van der Waals surface area contributed by atoms with Crippen molar-refractivity contribution < 1.29 is 9.59 Å². The summed E-state index contributed by atoms with van der Waals surface area (Å²) in [6.45, 7) is 3.82. The zero-order valence-corrected chi connectivity index (χ0v) is 13.5. The number of carbonyl (C=O) groups is 2. The summed E-state index contributed by atoms with van der Waals surface area (Å²) in [6, 6.07) is 5.71. The Labute approximate surface area is 136 Å². The third-order valence-electron chi connectivity index (χ3n) is 4.43. The van der Waals surface area contributed by atoms with Gasteiger partial charge in [0.05, 0.1) is 0 Å². The Bertz CT molecular complexity index is 573. The molecule has 5 nitrogen and oxygen atoms in total. The van der Waals surface area contributed by atoms with Gasteiger partial charge < -0.3 is 16.0 Å². The van der Waals surface area contributed by atoms with E-state index in [1.807, 2.05) is 25.1 Å². The SMILES string of the molecule is CC(C(=O)Nc1ccc2c(c1)CCCC(=O)N2)C1CNC1.Cl. The van der Waals surface area contributed by atoms with E-state index in [-0.39, 0.29) is 30.1 Å². The van der Waals surface area contributed by atoms with Gasteiger partial charge in [0.1, 0.15) is 0 Å². The van der Waals surface area contributed by atoms with Gasteiger partial charge in [-0.05, 0) is 55.6 Å². The molecule has 0 aromatic heterocycles. The second-order valence-electron chi connectivity index (χ2n) is 5.97. The van der Waals surface area contributed by atoms with Crippen molar-refractivity contribution in [3.05, 3.63) is 23.8 Å². The van der Waals surface area contributed by atoms with Crippen LogP contribution in [0.25, 0.3) is 0 Å². The minimum Gasteiger partial charge on any atom is -0.326 e. The predicted molar refractivity (Wildman–Crippen MR) is 89.4 cm³/mol. The molecule has 0 saturated carbocycles. The summed E-state index contributed by atoms with van der Waals surface area (Å²) in [7, 11) is 0. The lowest BCUT2D eigenvalue weighted by atomic mass is 9.88. The standard InChI is InChI=1S/C16H21N3O2.ClH/c1-10(12-8-17-9-12)16(21)18-13-5-6-14-11(7-13)3-2-4-15(20)19-14;/h5-7,10,12,17H,2-4,8-9H2,1H3,(H,18,21)(H,19,20);1H. The quantitative estimate of drug-likeness (QED) is 0.798. The van der Waals surface area contributed by atoms with Crippen LogP contribution < -0.4 is 16.0 Å². The molecule has 1 atom stereocenters. The van der Waals surface area contributed by atoms with E-state index in [4.69, 9.17) is 0 Å². The molecule has 6 heteroatoms. The second-order valence-corrected chi connectivity index (χ2v) is 5.97. The van der Waals surface area contributed by atoms with Gasteiger partial charge in [0.25, 0.3) is 0 Å². The lowest BCUT2D eigenvalue weighted by molar-refractivity contribution is -0.121. The molecular formula is C16H22ClN3O2. The third-order valence-corrected chi connectivity index (χ3v) is 4.43. The Morgan fingerprint density at radius 3 is 2.77 bits per heavy atom. The highest BCUT2D eigenvalue weighted by Crippen LogP contribution is 2.26. The van der Waals surface area contributed by atoms with Crippen LogP contribution >= 0.6 is 12.4 Å². The zero-order valence-electron chi connectivity index (χ0n) is 12.6. The first-order valence-corrected chi connectivity index (χ1v) is 7.58. The molecule has 1 unspecified atom stereocenters. The Balaban J connectivity index is 0.00000176. The van der Waals surface area contributed by atoms with Crippen molar-refractivity contribution in [1.29, 1.82) is 0 Å². The third kappa shape index (κ3) is 3.59. The summed E-state index contributed by atoms with van der Waals surface area (Å²) in [4.78, 5) is 23.8. The van der Waals surface area contributed by atoms with Crippen molar-refractivity contribution in [2.75, 3.05) is 23.7 Å². The Morgan fingerprint density at radius 2 is 2.09 bits per heavy atom. The number of halogens is 1. The largest absolute Gasteiger partial charge is 0.326 e. The van der Waals surface area contributed by atoms with Gasteiger partial charge in [-0.1, -0.05) is 6.92 Å². The van der Waals surface area contributed by atoms with E-state index in [1.165, 1.54) is 0 Å². The Morgan fingerprint density at radius 1 is 1.32 bits per heavy atom. The van der Waals surface area contributed by atoms with E-state index in [0.717, 1.165) is 42.9 Å². The molecular weight excluding hydrogens is 302 g/mol. The van der Waals surface area contributed by atoms with Gasteiger partial charge in [0.15, 0.2) is 0 Å². The molecule has 1 fully saturated rings. The summed E-state index contributed by atoms with van der Waals surface area (Å²) in [5, 5.41) is 9.09. The smallest absolute Gasteiger partial charge is 0.227 e. The number of anilines is 2. The van der Waals surface area contributed by atoms with E-state index in [9.17, 15) is 9.59 Å². The van der Waals surface area contributed by atoms with Crippen molar-refractivity contribution in [3.63, 3.8) is 0 Å². The maximum Gasteiger partial charge on any atom is 0.227 e. The van der Waals surface area contributed by atoms with Gasteiger partial charge in [-0.15, -0.1) is 12.4 Å². The molecule has 1 aromatic carbocycles. The average molecular weight is 324 g/mol. The van der Waals surface area contributed by atoms with Crippen LogP contribution in [0.3, 0.4) is 0 Å². The molecule has 2 aliphatic heterocycles. The van der Waals surface area contributed by atoms with E-state index in [0.29, 0.717) is 12.3 Å². The van der Waals surface area contributed by atoms with E-state index in [1.54, 1.807) is 0 Å². The van der Waals surface area contributed by atoms with Gasteiger partial charge in [-0.2, -0.15) is 0 Å². The number of aryl methyl sites for hydroxylation is 1. The number of benzene rings is 1. The molecule has 3 N–H and O–H groups in total. The first kappa shape index (κ1) is 16.8. The molecule has 2 aliphatic rings. The molecule has 0 bridgehead atoms. The normalized spacial score (nSPS) is 18.9. The van der Waals surface area contributed by atoms with Crippen LogP contribution in [-0.4, -0.2) is 24.9 Å². The molecule has 0 spiro atoms. The lowest BCUT2D eigenvalue weighted by Crippen LogP contribution is -2.48. The molecule has 2 amide bonds. The van der Waals surface area contributed by atoms with Crippen molar-refractivity contribution in [2.24, 2.45) is 11.8 Å². The van der Waals surface area contributed by atoms with Crippen molar-refractivity contribution in [1.82, 2.24) is 5.32 Å². The number of carbonyl (C=O) groups excluding carboxylic acids is 2. The monoisotopic (exact) mass is 323 g/mol. The molecule has 22 heavy (non-hydrogen) atoms. The van der Waals surface area contributed by atoms with Crippen LogP contribution in [0, 0.1) is 11.8 Å². The summed E-state index contributed by atoms with van der Waals surface area (Å²) < 4.78 is 0. The maximum atomic E-state index is 12.2. The molecule has 1 aromatic rings. The number of hydrogen-bond acceptors (Lipinski definition) is 3. The second kappa shape index (κ2) is 7.11. The summed E-state index contributed by atoms with van der Waals surface area (Å²) >= 11 is 0. The van der Waals surface area contributed by atoms with E-state index >= 15 is 0 Å². The minimum absolute atomic E-state index is 0.